The lowest BCUT2D eigenvalue weighted by atomic mass is 10.1. The molecule has 0 aliphatic carbocycles. The van der Waals surface area contributed by atoms with E-state index in [1.54, 1.807) is 6.92 Å². The zero-order valence-electron chi connectivity index (χ0n) is 14.8. The summed E-state index contributed by atoms with van der Waals surface area (Å²) < 4.78 is 11.3. The van der Waals surface area contributed by atoms with E-state index in [2.05, 4.69) is 21.6 Å². The molecule has 0 aliphatic heterocycles. The summed E-state index contributed by atoms with van der Waals surface area (Å²) in [6.07, 6.45) is 0.408. The van der Waals surface area contributed by atoms with Crippen LogP contribution in [0.2, 0.25) is 0 Å². The number of nitrogens with zero attached hydrogens (tertiary/aromatic N) is 3. The second kappa shape index (κ2) is 8.17. The largest absolute Gasteiger partial charge is 0.489 e. The summed E-state index contributed by atoms with van der Waals surface area (Å²) in [5, 5.41) is 19.9. The van der Waals surface area contributed by atoms with Gasteiger partial charge in [-0.2, -0.15) is 5.26 Å². The maximum atomic E-state index is 8.70. The van der Waals surface area contributed by atoms with Gasteiger partial charge in [-0.25, -0.2) is 0 Å². The minimum absolute atomic E-state index is 0.0833. The molecule has 1 heterocycles. The Morgan fingerprint density at radius 1 is 1.15 bits per heavy atom. The average molecular weight is 348 g/mol. The number of aryl methyl sites for hydroxylation is 1. The molecular weight excluding hydrogens is 328 g/mol. The van der Waals surface area contributed by atoms with Crippen LogP contribution in [0.5, 0.6) is 5.75 Å². The zero-order chi connectivity index (χ0) is 18.4. The molecule has 3 aromatic rings. The molecule has 132 valence electrons. The van der Waals surface area contributed by atoms with Gasteiger partial charge in [0.15, 0.2) is 0 Å². The van der Waals surface area contributed by atoms with Crippen molar-refractivity contribution < 1.29 is 9.15 Å². The van der Waals surface area contributed by atoms with Crippen LogP contribution in [0.4, 0.5) is 5.69 Å². The van der Waals surface area contributed by atoms with Gasteiger partial charge >= 0.3 is 0 Å². The van der Waals surface area contributed by atoms with Crippen LogP contribution in [0.15, 0.2) is 52.9 Å². The van der Waals surface area contributed by atoms with E-state index in [0.29, 0.717) is 24.8 Å². The molecule has 2 aromatic carbocycles. The van der Waals surface area contributed by atoms with Crippen LogP contribution in [0.25, 0.3) is 0 Å². The standard InChI is InChI=1S/C20H20N4O2/c1-14(20-24-23-15(2)26-20)22-18-5-3-4-17(12-18)13-25-19-8-6-16(7-9-19)10-11-21/h3-9,12,14,22H,10,13H2,1-2H3/t14-/m0/s1. The number of nitrogens with one attached hydrogen (secondary N) is 1. The van der Waals surface area contributed by atoms with Gasteiger partial charge in [0.1, 0.15) is 18.4 Å². The van der Waals surface area contributed by atoms with E-state index < -0.39 is 0 Å². The molecule has 1 N–H and O–H groups in total. The van der Waals surface area contributed by atoms with Gasteiger partial charge in [-0.3, -0.25) is 0 Å². The topological polar surface area (TPSA) is 84.0 Å². The SMILES string of the molecule is Cc1nnc([C@H](C)Nc2cccc(COc3ccc(CC#N)cc3)c2)o1. The van der Waals surface area contributed by atoms with Crippen molar-refractivity contribution in [3.8, 4) is 11.8 Å². The van der Waals surface area contributed by atoms with E-state index >= 15 is 0 Å². The first kappa shape index (κ1) is 17.5. The Morgan fingerprint density at radius 3 is 2.65 bits per heavy atom. The van der Waals surface area contributed by atoms with E-state index in [4.69, 9.17) is 14.4 Å². The summed E-state index contributed by atoms with van der Waals surface area (Å²) >= 11 is 0. The van der Waals surface area contributed by atoms with Crippen LogP contribution in [0, 0.1) is 18.3 Å². The Bertz CT molecular complexity index is 897. The van der Waals surface area contributed by atoms with Crippen LogP contribution in [-0.2, 0) is 13.0 Å². The molecule has 6 nitrogen and oxygen atoms in total. The quantitative estimate of drug-likeness (QED) is 0.689. The lowest BCUT2D eigenvalue weighted by molar-refractivity contribution is 0.306. The highest BCUT2D eigenvalue weighted by atomic mass is 16.5. The molecule has 1 aromatic heterocycles. The summed E-state index contributed by atoms with van der Waals surface area (Å²) in [4.78, 5) is 0. The third-order valence-electron chi connectivity index (χ3n) is 3.83. The molecule has 0 aliphatic rings. The normalized spacial score (nSPS) is 11.6. The van der Waals surface area contributed by atoms with Crippen molar-refractivity contribution in [1.29, 1.82) is 5.26 Å². The van der Waals surface area contributed by atoms with E-state index in [1.165, 1.54) is 0 Å². The van der Waals surface area contributed by atoms with E-state index in [0.717, 1.165) is 22.6 Å². The van der Waals surface area contributed by atoms with Crippen molar-refractivity contribution in [2.45, 2.75) is 32.9 Å². The van der Waals surface area contributed by atoms with Crippen molar-refractivity contribution in [2.24, 2.45) is 0 Å². The molecule has 0 amide bonds. The van der Waals surface area contributed by atoms with Gasteiger partial charge in [0.2, 0.25) is 11.8 Å². The fourth-order valence-electron chi connectivity index (χ4n) is 2.51. The average Bonchev–Trinajstić information content (AvgIpc) is 3.08. The van der Waals surface area contributed by atoms with Gasteiger partial charge in [0.05, 0.1) is 12.5 Å². The molecule has 0 spiro atoms. The summed E-state index contributed by atoms with van der Waals surface area (Å²) in [5.74, 6) is 1.89. The Balaban J connectivity index is 1.59. The van der Waals surface area contributed by atoms with Gasteiger partial charge in [-0.05, 0) is 42.3 Å². The molecule has 0 radical (unpaired) electrons. The first-order chi connectivity index (χ1) is 12.6. The van der Waals surface area contributed by atoms with Crippen LogP contribution in [0.1, 0.15) is 35.9 Å². The minimum atomic E-state index is -0.0833. The second-order valence-corrected chi connectivity index (χ2v) is 5.99. The molecule has 0 bridgehead atoms. The molecule has 0 saturated heterocycles. The Hall–Kier alpha value is -3.33. The summed E-state index contributed by atoms with van der Waals surface area (Å²) in [7, 11) is 0. The zero-order valence-corrected chi connectivity index (χ0v) is 14.8. The number of hydrogen-bond acceptors (Lipinski definition) is 6. The van der Waals surface area contributed by atoms with Gasteiger partial charge in [0.25, 0.3) is 0 Å². The van der Waals surface area contributed by atoms with E-state index in [-0.39, 0.29) is 6.04 Å². The van der Waals surface area contributed by atoms with Crippen molar-refractivity contribution in [3.05, 3.63) is 71.4 Å². The highest BCUT2D eigenvalue weighted by Crippen LogP contribution is 2.20. The van der Waals surface area contributed by atoms with Gasteiger partial charge in [-0.1, -0.05) is 24.3 Å². The fourth-order valence-corrected chi connectivity index (χ4v) is 2.51. The van der Waals surface area contributed by atoms with E-state index in [9.17, 15) is 0 Å². The van der Waals surface area contributed by atoms with Crippen molar-refractivity contribution in [2.75, 3.05) is 5.32 Å². The molecule has 6 heteroatoms. The predicted molar refractivity (Wildman–Crippen MR) is 97.6 cm³/mol. The number of anilines is 1. The number of rotatable bonds is 7. The van der Waals surface area contributed by atoms with Crippen LogP contribution >= 0.6 is 0 Å². The minimum Gasteiger partial charge on any atom is -0.489 e. The molecule has 0 unspecified atom stereocenters. The summed E-state index contributed by atoms with van der Waals surface area (Å²) in [5.41, 5.74) is 2.99. The van der Waals surface area contributed by atoms with Gasteiger partial charge in [0, 0.05) is 12.6 Å². The molecule has 3 rings (SSSR count). The molecule has 0 saturated carbocycles. The monoisotopic (exact) mass is 348 g/mol. The highest BCUT2D eigenvalue weighted by molar-refractivity contribution is 5.46. The maximum absolute atomic E-state index is 8.70. The molecular formula is C20H20N4O2. The first-order valence-electron chi connectivity index (χ1n) is 8.38. The van der Waals surface area contributed by atoms with Crippen molar-refractivity contribution in [1.82, 2.24) is 10.2 Å². The maximum Gasteiger partial charge on any atom is 0.238 e. The number of hydrogen-bond donors (Lipinski definition) is 1. The number of aromatic nitrogens is 2. The summed E-state index contributed by atoms with van der Waals surface area (Å²) in [6, 6.07) is 17.6. The second-order valence-electron chi connectivity index (χ2n) is 5.99. The lowest BCUT2D eigenvalue weighted by Gasteiger charge is -2.13. The smallest absolute Gasteiger partial charge is 0.238 e. The van der Waals surface area contributed by atoms with Crippen LogP contribution < -0.4 is 10.1 Å². The van der Waals surface area contributed by atoms with Crippen LogP contribution in [-0.4, -0.2) is 10.2 Å². The third-order valence-corrected chi connectivity index (χ3v) is 3.83. The van der Waals surface area contributed by atoms with Crippen molar-refractivity contribution in [3.63, 3.8) is 0 Å². The Kier molecular flexibility index (Phi) is 5.49. The molecule has 1 atom stereocenters. The Labute approximate surface area is 152 Å². The lowest BCUT2D eigenvalue weighted by Crippen LogP contribution is -2.07. The van der Waals surface area contributed by atoms with Gasteiger partial charge in [-0.15, -0.1) is 10.2 Å². The van der Waals surface area contributed by atoms with Crippen molar-refractivity contribution >= 4 is 5.69 Å². The highest BCUT2D eigenvalue weighted by Gasteiger charge is 2.12. The Morgan fingerprint density at radius 2 is 1.96 bits per heavy atom. The fraction of sp³-hybridized carbons (Fsp3) is 0.250. The molecule has 26 heavy (non-hydrogen) atoms. The van der Waals surface area contributed by atoms with E-state index in [1.807, 2.05) is 55.5 Å². The van der Waals surface area contributed by atoms with Gasteiger partial charge < -0.3 is 14.5 Å². The number of ether oxygens (including phenoxy) is 1. The van der Waals surface area contributed by atoms with Crippen LogP contribution in [0.3, 0.4) is 0 Å². The first-order valence-corrected chi connectivity index (χ1v) is 8.38. The number of nitriles is 1. The third kappa shape index (κ3) is 4.61. The predicted octanol–water partition coefficient (Wildman–Crippen LogP) is 4.20. The molecule has 0 fully saturated rings. The number of benzene rings is 2. The summed E-state index contributed by atoms with van der Waals surface area (Å²) in [6.45, 7) is 4.20.